The Morgan fingerprint density at radius 1 is 1.09 bits per heavy atom. The molecule has 5 rings (SSSR count). The van der Waals surface area contributed by atoms with Gasteiger partial charge in [-0.15, -0.1) is 0 Å². The van der Waals surface area contributed by atoms with E-state index < -0.39 is 0 Å². The number of carbonyl (C=O) groups excluding carboxylic acids is 1. The molecule has 0 bridgehead atoms. The molecule has 1 aliphatic rings. The van der Waals surface area contributed by atoms with E-state index in [1.54, 1.807) is 36.7 Å². The third-order valence-corrected chi connectivity index (χ3v) is 5.74. The van der Waals surface area contributed by atoms with Gasteiger partial charge in [0.25, 0.3) is 5.91 Å². The molecule has 2 aromatic carbocycles. The Hall–Kier alpha value is -4.00. The molecule has 1 amide bonds. The van der Waals surface area contributed by atoms with Crippen molar-refractivity contribution >= 4 is 22.6 Å². The van der Waals surface area contributed by atoms with Crippen molar-refractivity contribution < 1.29 is 9.90 Å². The Kier molecular flexibility index (Phi) is 5.15. The highest BCUT2D eigenvalue weighted by atomic mass is 16.3. The number of aromatic hydroxyl groups is 1. The number of nitrogens with zero attached hydrogens (tertiary/aromatic N) is 4. The second-order valence-corrected chi connectivity index (χ2v) is 8.05. The molecule has 1 atom stereocenters. The average Bonchev–Trinajstić information content (AvgIpc) is 3.27. The van der Waals surface area contributed by atoms with E-state index in [1.807, 2.05) is 37.3 Å². The second-order valence-electron chi connectivity index (χ2n) is 8.05. The van der Waals surface area contributed by atoms with Crippen LogP contribution in [0, 0.1) is 6.92 Å². The van der Waals surface area contributed by atoms with Gasteiger partial charge in [-0.25, -0.2) is 9.97 Å². The number of fused-ring (bicyclic) bond motifs is 1. The third kappa shape index (κ3) is 3.85. The first kappa shape index (κ1) is 19.9. The van der Waals surface area contributed by atoms with Crippen LogP contribution in [0.4, 0.5) is 5.82 Å². The highest BCUT2D eigenvalue weighted by Crippen LogP contribution is 2.33. The van der Waals surface area contributed by atoms with Crippen LogP contribution in [-0.2, 0) is 0 Å². The minimum Gasteiger partial charge on any atom is -0.507 e. The minimum absolute atomic E-state index is 0.0136. The zero-order valence-electron chi connectivity index (χ0n) is 17.7. The van der Waals surface area contributed by atoms with Crippen molar-refractivity contribution in [2.24, 2.45) is 0 Å². The Morgan fingerprint density at radius 3 is 2.72 bits per heavy atom. The summed E-state index contributed by atoms with van der Waals surface area (Å²) in [4.78, 5) is 28.3. The number of anilines is 1. The summed E-state index contributed by atoms with van der Waals surface area (Å²) in [5.74, 6) is 1.35. The summed E-state index contributed by atoms with van der Waals surface area (Å²) in [5, 5.41) is 14.4. The molecule has 1 unspecified atom stereocenters. The fraction of sp³-hybridized carbons (Fsp3) is 0.200. The molecule has 2 aromatic heterocycles. The van der Waals surface area contributed by atoms with Crippen LogP contribution in [0.25, 0.3) is 22.3 Å². The van der Waals surface area contributed by atoms with Crippen LogP contribution in [0.5, 0.6) is 5.75 Å². The molecule has 3 heterocycles. The fourth-order valence-electron chi connectivity index (χ4n) is 4.09. The normalized spacial score (nSPS) is 15.8. The first-order valence-corrected chi connectivity index (χ1v) is 10.6. The van der Waals surface area contributed by atoms with Crippen molar-refractivity contribution in [1.29, 1.82) is 0 Å². The van der Waals surface area contributed by atoms with Crippen molar-refractivity contribution in [3.63, 3.8) is 0 Å². The predicted molar refractivity (Wildman–Crippen MR) is 124 cm³/mol. The molecule has 4 aromatic rings. The van der Waals surface area contributed by atoms with E-state index in [0.717, 1.165) is 35.2 Å². The molecule has 0 radical (unpaired) electrons. The van der Waals surface area contributed by atoms with Gasteiger partial charge in [-0.05, 0) is 55.3 Å². The van der Waals surface area contributed by atoms with E-state index in [2.05, 4.69) is 15.2 Å². The largest absolute Gasteiger partial charge is 0.507 e. The van der Waals surface area contributed by atoms with Crippen LogP contribution in [0.2, 0.25) is 0 Å². The standard InChI is InChI=1S/C25H23N5O2/c1-16-6-7-19-21(14-16)28-23(20-4-2-3-5-22(20)31)29-24(19)30-13-10-18(15-30)27-25(32)17-8-11-26-12-9-17/h2-9,11-12,14,18,31H,10,13,15H2,1H3,(H,27,32). The first-order valence-electron chi connectivity index (χ1n) is 10.6. The van der Waals surface area contributed by atoms with Gasteiger partial charge in [0.1, 0.15) is 11.6 Å². The summed E-state index contributed by atoms with van der Waals surface area (Å²) < 4.78 is 0. The Bertz CT molecular complexity index is 1290. The molecule has 160 valence electrons. The van der Waals surface area contributed by atoms with Gasteiger partial charge < -0.3 is 15.3 Å². The van der Waals surface area contributed by atoms with Gasteiger partial charge in [-0.2, -0.15) is 0 Å². The second kappa shape index (κ2) is 8.26. The number of para-hydroxylation sites is 1. The zero-order chi connectivity index (χ0) is 22.1. The lowest BCUT2D eigenvalue weighted by Crippen LogP contribution is -2.37. The quantitative estimate of drug-likeness (QED) is 0.518. The van der Waals surface area contributed by atoms with Crippen LogP contribution >= 0.6 is 0 Å². The van der Waals surface area contributed by atoms with E-state index >= 15 is 0 Å². The first-order chi connectivity index (χ1) is 15.6. The number of rotatable bonds is 4. The van der Waals surface area contributed by atoms with E-state index in [-0.39, 0.29) is 17.7 Å². The molecular formula is C25H23N5O2. The van der Waals surface area contributed by atoms with Gasteiger partial charge in [0.15, 0.2) is 5.82 Å². The summed E-state index contributed by atoms with van der Waals surface area (Å²) in [6.07, 6.45) is 4.05. The smallest absolute Gasteiger partial charge is 0.251 e. The maximum absolute atomic E-state index is 12.6. The average molecular weight is 425 g/mol. The molecule has 2 N–H and O–H groups in total. The van der Waals surface area contributed by atoms with E-state index in [0.29, 0.717) is 23.5 Å². The van der Waals surface area contributed by atoms with Crippen LogP contribution < -0.4 is 10.2 Å². The predicted octanol–water partition coefficient (Wildman–Crippen LogP) is 3.71. The minimum atomic E-state index is -0.0997. The monoisotopic (exact) mass is 425 g/mol. The molecular weight excluding hydrogens is 402 g/mol. The number of phenols is 1. The number of phenolic OH excluding ortho intramolecular Hbond substituents is 1. The Labute approximate surface area is 185 Å². The Balaban J connectivity index is 1.47. The van der Waals surface area contributed by atoms with Gasteiger partial charge >= 0.3 is 0 Å². The number of benzene rings is 2. The molecule has 7 heteroatoms. The lowest BCUT2D eigenvalue weighted by atomic mass is 10.1. The van der Waals surface area contributed by atoms with Crippen LogP contribution in [0.3, 0.4) is 0 Å². The van der Waals surface area contributed by atoms with Crippen molar-refractivity contribution in [3.8, 4) is 17.1 Å². The summed E-state index contributed by atoms with van der Waals surface area (Å²) >= 11 is 0. The molecule has 1 saturated heterocycles. The van der Waals surface area contributed by atoms with Gasteiger partial charge in [0.2, 0.25) is 0 Å². The molecule has 32 heavy (non-hydrogen) atoms. The molecule has 0 spiro atoms. The summed E-state index contributed by atoms with van der Waals surface area (Å²) in [5.41, 5.74) is 3.13. The summed E-state index contributed by atoms with van der Waals surface area (Å²) in [6.45, 7) is 3.44. The van der Waals surface area contributed by atoms with E-state index in [4.69, 9.17) is 9.97 Å². The van der Waals surface area contributed by atoms with Crippen LogP contribution in [0.15, 0.2) is 67.0 Å². The van der Waals surface area contributed by atoms with E-state index in [1.165, 1.54) is 0 Å². The summed E-state index contributed by atoms with van der Waals surface area (Å²) in [7, 11) is 0. The van der Waals surface area contributed by atoms with Crippen LogP contribution in [0.1, 0.15) is 22.3 Å². The number of nitrogens with one attached hydrogen (secondary N) is 1. The third-order valence-electron chi connectivity index (χ3n) is 5.74. The van der Waals surface area contributed by atoms with Crippen molar-refractivity contribution in [2.45, 2.75) is 19.4 Å². The fourth-order valence-corrected chi connectivity index (χ4v) is 4.09. The molecule has 1 aliphatic heterocycles. The maximum Gasteiger partial charge on any atom is 0.251 e. The van der Waals surface area contributed by atoms with Gasteiger partial charge in [0.05, 0.1) is 11.1 Å². The maximum atomic E-state index is 12.6. The molecule has 0 saturated carbocycles. The van der Waals surface area contributed by atoms with Gasteiger partial charge in [-0.1, -0.05) is 18.2 Å². The van der Waals surface area contributed by atoms with Crippen molar-refractivity contribution in [3.05, 3.63) is 78.1 Å². The molecule has 1 fully saturated rings. The van der Waals surface area contributed by atoms with Crippen molar-refractivity contribution in [2.75, 3.05) is 18.0 Å². The van der Waals surface area contributed by atoms with Crippen molar-refractivity contribution in [1.82, 2.24) is 20.3 Å². The lowest BCUT2D eigenvalue weighted by molar-refractivity contribution is 0.0940. The SMILES string of the molecule is Cc1ccc2c(N3CCC(NC(=O)c4ccncc4)C3)nc(-c3ccccc3O)nc2c1. The number of aryl methyl sites for hydroxylation is 1. The molecule has 0 aliphatic carbocycles. The van der Waals surface area contributed by atoms with Gasteiger partial charge in [0, 0.05) is 42.5 Å². The zero-order valence-corrected chi connectivity index (χ0v) is 17.7. The highest BCUT2D eigenvalue weighted by Gasteiger charge is 2.27. The topological polar surface area (TPSA) is 91.2 Å². The number of carbonyl (C=O) groups is 1. The lowest BCUT2D eigenvalue weighted by Gasteiger charge is -2.21. The number of hydrogen-bond donors (Lipinski definition) is 2. The number of hydrogen-bond acceptors (Lipinski definition) is 6. The number of pyridine rings is 1. The summed E-state index contributed by atoms with van der Waals surface area (Å²) in [6, 6.07) is 16.6. The van der Waals surface area contributed by atoms with E-state index in [9.17, 15) is 9.90 Å². The van der Waals surface area contributed by atoms with Crippen LogP contribution in [-0.4, -0.2) is 45.1 Å². The number of aromatic nitrogens is 3. The highest BCUT2D eigenvalue weighted by molar-refractivity contribution is 5.94. The van der Waals surface area contributed by atoms with Gasteiger partial charge in [-0.3, -0.25) is 9.78 Å². The Morgan fingerprint density at radius 2 is 1.91 bits per heavy atom. The molecule has 7 nitrogen and oxygen atoms in total. The number of amides is 1.